The topological polar surface area (TPSA) is 63.3 Å². The molecule has 0 radical (unpaired) electrons. The smallest absolute Gasteiger partial charge is 0.394 e. The van der Waals surface area contributed by atoms with E-state index >= 15 is 0 Å². The fraction of sp³-hybridized carbons (Fsp3) is 0.800. The predicted octanol–water partition coefficient (Wildman–Crippen LogP) is 0.0326. The lowest BCUT2D eigenvalue weighted by molar-refractivity contribution is -0.186. The second kappa shape index (κ2) is 3.56. The van der Waals surface area contributed by atoms with Gasteiger partial charge in [-0.3, -0.25) is 4.79 Å². The summed E-state index contributed by atoms with van der Waals surface area (Å²) in [5.74, 6) is -3.10. The minimum Gasteiger partial charge on any atom is -0.396 e. The minimum atomic E-state index is -4.55. The first kappa shape index (κ1) is 10.2. The number of rotatable bonds is 3. The number of primary amides is 1. The molecule has 1 unspecified atom stereocenters. The Balaban J connectivity index is 4.07. The molecule has 0 saturated carbocycles. The Morgan fingerprint density at radius 3 is 2.09 bits per heavy atom. The summed E-state index contributed by atoms with van der Waals surface area (Å²) in [4.78, 5) is 10.0. The van der Waals surface area contributed by atoms with Gasteiger partial charge in [-0.05, 0) is 0 Å². The number of nitrogens with two attached hydrogens (primary N) is 1. The molecule has 0 aliphatic carbocycles. The van der Waals surface area contributed by atoms with Gasteiger partial charge in [0.25, 0.3) is 0 Å². The van der Waals surface area contributed by atoms with Crippen LogP contribution in [-0.4, -0.2) is 23.8 Å². The van der Waals surface area contributed by atoms with E-state index in [2.05, 4.69) is 5.73 Å². The highest BCUT2D eigenvalue weighted by atomic mass is 19.4. The van der Waals surface area contributed by atoms with Crippen molar-refractivity contribution < 1.29 is 23.1 Å². The van der Waals surface area contributed by atoms with E-state index in [0.717, 1.165) is 0 Å². The van der Waals surface area contributed by atoms with E-state index in [1.54, 1.807) is 0 Å². The number of hydrogen-bond acceptors (Lipinski definition) is 2. The van der Waals surface area contributed by atoms with Gasteiger partial charge >= 0.3 is 6.18 Å². The van der Waals surface area contributed by atoms with Gasteiger partial charge in [0.05, 0.1) is 12.5 Å². The number of carbonyl (C=O) groups is 1. The molecule has 0 heterocycles. The van der Waals surface area contributed by atoms with Crippen molar-refractivity contribution in [3.63, 3.8) is 0 Å². The lowest BCUT2D eigenvalue weighted by atomic mass is 10.1. The van der Waals surface area contributed by atoms with Crippen LogP contribution in [0.3, 0.4) is 0 Å². The maximum atomic E-state index is 11.7. The number of aliphatic hydroxyl groups excluding tert-OH is 1. The standard InChI is InChI=1S/C5H8F3NO2/c6-5(7,8)3(2-10)1-4(9)11/h3,10H,1-2H2,(H2,9,11). The van der Waals surface area contributed by atoms with E-state index in [0.29, 0.717) is 0 Å². The second-order valence-corrected chi connectivity index (χ2v) is 2.09. The van der Waals surface area contributed by atoms with Gasteiger partial charge in [-0.25, -0.2) is 0 Å². The van der Waals surface area contributed by atoms with E-state index in [-0.39, 0.29) is 0 Å². The zero-order valence-corrected chi connectivity index (χ0v) is 5.56. The Bertz CT molecular complexity index is 145. The lowest BCUT2D eigenvalue weighted by Crippen LogP contribution is -2.30. The molecule has 0 aromatic carbocycles. The molecule has 66 valence electrons. The third-order valence-electron chi connectivity index (χ3n) is 1.13. The molecular formula is C5H8F3NO2. The van der Waals surface area contributed by atoms with Crippen molar-refractivity contribution in [1.29, 1.82) is 0 Å². The van der Waals surface area contributed by atoms with Crippen molar-refractivity contribution in [1.82, 2.24) is 0 Å². The second-order valence-electron chi connectivity index (χ2n) is 2.09. The van der Waals surface area contributed by atoms with Crippen LogP contribution in [0.25, 0.3) is 0 Å². The number of alkyl halides is 3. The maximum Gasteiger partial charge on any atom is 0.394 e. The van der Waals surface area contributed by atoms with Crippen LogP contribution in [0.2, 0.25) is 0 Å². The maximum absolute atomic E-state index is 11.7. The Morgan fingerprint density at radius 2 is 2.00 bits per heavy atom. The molecule has 6 heteroatoms. The molecular weight excluding hydrogens is 163 g/mol. The molecule has 1 atom stereocenters. The van der Waals surface area contributed by atoms with E-state index in [9.17, 15) is 18.0 Å². The summed E-state index contributed by atoms with van der Waals surface area (Å²) in [6.45, 7) is -1.10. The number of hydrogen-bond donors (Lipinski definition) is 2. The average molecular weight is 171 g/mol. The zero-order chi connectivity index (χ0) is 9.07. The van der Waals surface area contributed by atoms with E-state index in [1.807, 2.05) is 0 Å². The van der Waals surface area contributed by atoms with Gasteiger partial charge in [0, 0.05) is 6.42 Å². The predicted molar refractivity (Wildman–Crippen MR) is 30.4 cm³/mol. The first-order chi connectivity index (χ1) is 4.88. The molecule has 0 rings (SSSR count). The van der Waals surface area contributed by atoms with Crippen LogP contribution in [0.1, 0.15) is 6.42 Å². The SMILES string of the molecule is NC(=O)CC(CO)C(F)(F)F. The number of carbonyl (C=O) groups excluding carboxylic acids is 1. The van der Waals surface area contributed by atoms with Crippen LogP contribution in [0.4, 0.5) is 13.2 Å². The minimum absolute atomic E-state index is 0.861. The van der Waals surface area contributed by atoms with Gasteiger partial charge < -0.3 is 10.8 Å². The largest absolute Gasteiger partial charge is 0.396 e. The first-order valence-electron chi connectivity index (χ1n) is 2.83. The van der Waals surface area contributed by atoms with Gasteiger partial charge in [-0.15, -0.1) is 0 Å². The molecule has 0 fully saturated rings. The van der Waals surface area contributed by atoms with Crippen LogP contribution < -0.4 is 5.73 Å². The van der Waals surface area contributed by atoms with Gasteiger partial charge in [0.1, 0.15) is 0 Å². The van der Waals surface area contributed by atoms with Gasteiger partial charge in [0.15, 0.2) is 0 Å². The number of aliphatic hydroxyl groups is 1. The molecule has 0 spiro atoms. The van der Waals surface area contributed by atoms with Crippen molar-refractivity contribution in [3.05, 3.63) is 0 Å². The average Bonchev–Trinajstić information content (AvgIpc) is 1.79. The van der Waals surface area contributed by atoms with Crippen LogP contribution >= 0.6 is 0 Å². The quantitative estimate of drug-likeness (QED) is 0.629. The van der Waals surface area contributed by atoms with Gasteiger partial charge in [0.2, 0.25) is 5.91 Å². The van der Waals surface area contributed by atoms with E-state index in [4.69, 9.17) is 5.11 Å². The van der Waals surface area contributed by atoms with Gasteiger partial charge in [-0.1, -0.05) is 0 Å². The fourth-order valence-corrected chi connectivity index (χ4v) is 0.527. The molecule has 3 nitrogen and oxygen atoms in total. The van der Waals surface area contributed by atoms with Crippen LogP contribution in [0.15, 0.2) is 0 Å². The summed E-state index contributed by atoms with van der Waals surface area (Å²) in [6.07, 6.45) is -5.41. The summed E-state index contributed by atoms with van der Waals surface area (Å²) in [6, 6.07) is 0. The van der Waals surface area contributed by atoms with Crippen LogP contribution in [0, 0.1) is 5.92 Å². The molecule has 0 bridgehead atoms. The molecule has 0 aromatic heterocycles. The normalized spacial score (nSPS) is 14.5. The molecule has 11 heavy (non-hydrogen) atoms. The zero-order valence-electron chi connectivity index (χ0n) is 5.56. The van der Waals surface area contributed by atoms with Crippen molar-refractivity contribution in [2.45, 2.75) is 12.6 Å². The summed E-state index contributed by atoms with van der Waals surface area (Å²) in [5, 5.41) is 8.18. The monoisotopic (exact) mass is 171 g/mol. The molecule has 1 amide bonds. The van der Waals surface area contributed by atoms with E-state index < -0.39 is 31.0 Å². The number of amides is 1. The summed E-state index contributed by atoms with van der Waals surface area (Å²) >= 11 is 0. The van der Waals surface area contributed by atoms with Crippen LogP contribution in [-0.2, 0) is 4.79 Å². The Kier molecular flexibility index (Phi) is 3.31. The molecule has 0 aliphatic rings. The number of halogens is 3. The summed E-state index contributed by atoms with van der Waals surface area (Å²) < 4.78 is 35.1. The first-order valence-corrected chi connectivity index (χ1v) is 2.83. The highest BCUT2D eigenvalue weighted by Gasteiger charge is 2.39. The lowest BCUT2D eigenvalue weighted by Gasteiger charge is -2.15. The summed E-state index contributed by atoms with van der Waals surface area (Å²) in [5.41, 5.74) is 4.52. The van der Waals surface area contributed by atoms with Crippen molar-refractivity contribution in [3.8, 4) is 0 Å². The Labute approximate surface area is 61.0 Å². The molecule has 3 N–H and O–H groups in total. The van der Waals surface area contributed by atoms with Crippen molar-refractivity contribution >= 4 is 5.91 Å². The van der Waals surface area contributed by atoms with E-state index in [1.165, 1.54) is 0 Å². The highest BCUT2D eigenvalue weighted by molar-refractivity contribution is 5.74. The molecule has 0 aliphatic heterocycles. The van der Waals surface area contributed by atoms with Crippen LogP contribution in [0.5, 0.6) is 0 Å². The summed E-state index contributed by atoms with van der Waals surface area (Å²) in [7, 11) is 0. The Hall–Kier alpha value is -0.780. The third-order valence-corrected chi connectivity index (χ3v) is 1.13. The third kappa shape index (κ3) is 3.82. The molecule has 0 aromatic rings. The van der Waals surface area contributed by atoms with Crippen molar-refractivity contribution in [2.24, 2.45) is 11.7 Å². The Morgan fingerprint density at radius 1 is 1.55 bits per heavy atom. The fourth-order valence-electron chi connectivity index (χ4n) is 0.527. The van der Waals surface area contributed by atoms with Crippen molar-refractivity contribution in [2.75, 3.05) is 6.61 Å². The highest BCUT2D eigenvalue weighted by Crippen LogP contribution is 2.27. The van der Waals surface area contributed by atoms with Gasteiger partial charge in [-0.2, -0.15) is 13.2 Å². The molecule has 0 saturated heterocycles.